The summed E-state index contributed by atoms with van der Waals surface area (Å²) in [5.74, 6) is 0.129. The Kier molecular flexibility index (Phi) is 4.14. The van der Waals surface area contributed by atoms with Crippen LogP contribution in [0.2, 0.25) is 0 Å². The van der Waals surface area contributed by atoms with Gasteiger partial charge >= 0.3 is 0 Å². The summed E-state index contributed by atoms with van der Waals surface area (Å²) in [5, 5.41) is 9.58. The Morgan fingerprint density at radius 3 is 2.64 bits per heavy atom. The first-order chi connectivity index (χ1) is 10.6. The number of ketones is 1. The van der Waals surface area contributed by atoms with Crippen LogP contribution in [0.3, 0.4) is 0 Å². The standard InChI is InChI=1S/C18H22N2O2/c1-13-10-17(18(22)12-19-9-8-16(21)11-19)14(2)20(13)15-6-4-3-5-7-15/h3-7,10,16,21H,8-9,11-12H2,1-2H3. The lowest BCUT2D eigenvalue weighted by Crippen LogP contribution is -2.28. The van der Waals surface area contributed by atoms with Crippen LogP contribution in [-0.4, -0.2) is 46.1 Å². The predicted octanol–water partition coefficient (Wildman–Crippen LogP) is 2.34. The number of nitrogens with zero attached hydrogens (tertiary/aromatic N) is 2. The van der Waals surface area contributed by atoms with E-state index in [1.165, 1.54) is 0 Å². The van der Waals surface area contributed by atoms with Gasteiger partial charge in [0, 0.05) is 35.7 Å². The second-order valence-corrected chi connectivity index (χ2v) is 6.06. The van der Waals surface area contributed by atoms with E-state index in [1.807, 2.05) is 55.1 Å². The first-order valence-corrected chi connectivity index (χ1v) is 7.74. The zero-order chi connectivity index (χ0) is 15.7. The molecule has 0 amide bonds. The zero-order valence-electron chi connectivity index (χ0n) is 13.1. The zero-order valence-corrected chi connectivity index (χ0v) is 13.1. The van der Waals surface area contributed by atoms with Crippen LogP contribution in [0.15, 0.2) is 36.4 Å². The molecule has 1 unspecified atom stereocenters. The van der Waals surface area contributed by atoms with Crippen molar-refractivity contribution in [2.75, 3.05) is 19.6 Å². The molecule has 1 saturated heterocycles. The average molecular weight is 298 g/mol. The molecule has 1 aliphatic heterocycles. The first kappa shape index (κ1) is 15.0. The Labute approximate surface area is 131 Å². The van der Waals surface area contributed by atoms with E-state index < -0.39 is 0 Å². The quantitative estimate of drug-likeness (QED) is 0.881. The van der Waals surface area contributed by atoms with E-state index in [-0.39, 0.29) is 11.9 Å². The van der Waals surface area contributed by atoms with Gasteiger partial charge in [0.1, 0.15) is 0 Å². The van der Waals surface area contributed by atoms with E-state index in [2.05, 4.69) is 4.57 Å². The molecule has 0 radical (unpaired) electrons. The van der Waals surface area contributed by atoms with Crippen molar-refractivity contribution in [2.45, 2.75) is 26.4 Å². The number of aryl methyl sites for hydroxylation is 1. The largest absolute Gasteiger partial charge is 0.392 e. The Bertz CT molecular complexity index is 676. The lowest BCUT2D eigenvalue weighted by Gasteiger charge is -2.14. The summed E-state index contributed by atoms with van der Waals surface area (Å²) in [7, 11) is 0. The predicted molar refractivity (Wildman–Crippen MR) is 86.6 cm³/mol. The van der Waals surface area contributed by atoms with Crippen LogP contribution in [0.25, 0.3) is 5.69 Å². The third-order valence-electron chi connectivity index (χ3n) is 4.36. The summed E-state index contributed by atoms with van der Waals surface area (Å²) in [6.07, 6.45) is 0.473. The minimum atomic E-state index is -0.287. The number of aliphatic hydroxyl groups is 1. The highest BCUT2D eigenvalue weighted by Crippen LogP contribution is 2.21. The number of hydrogen-bond acceptors (Lipinski definition) is 3. The van der Waals surface area contributed by atoms with Gasteiger partial charge in [0.25, 0.3) is 0 Å². The lowest BCUT2D eigenvalue weighted by atomic mass is 10.1. The second kappa shape index (κ2) is 6.07. The third kappa shape index (κ3) is 2.85. The molecule has 0 aliphatic carbocycles. The van der Waals surface area contributed by atoms with Crippen LogP contribution < -0.4 is 0 Å². The molecule has 4 nitrogen and oxygen atoms in total. The van der Waals surface area contributed by atoms with Crippen molar-refractivity contribution >= 4 is 5.78 Å². The topological polar surface area (TPSA) is 45.5 Å². The highest BCUT2D eigenvalue weighted by molar-refractivity contribution is 5.99. The summed E-state index contributed by atoms with van der Waals surface area (Å²) in [6.45, 7) is 5.80. The maximum absolute atomic E-state index is 12.6. The van der Waals surface area contributed by atoms with E-state index in [1.54, 1.807) is 0 Å². The normalized spacial score (nSPS) is 18.8. The highest BCUT2D eigenvalue weighted by atomic mass is 16.3. The molecule has 0 spiro atoms. The van der Waals surface area contributed by atoms with Gasteiger partial charge in [-0.1, -0.05) is 18.2 Å². The van der Waals surface area contributed by atoms with Gasteiger partial charge < -0.3 is 9.67 Å². The van der Waals surface area contributed by atoms with Gasteiger partial charge in [0.15, 0.2) is 5.78 Å². The molecule has 0 bridgehead atoms. The molecule has 4 heteroatoms. The molecule has 116 valence electrons. The Morgan fingerprint density at radius 2 is 2.00 bits per heavy atom. The van der Waals surface area contributed by atoms with Gasteiger partial charge in [0.05, 0.1) is 12.6 Å². The van der Waals surface area contributed by atoms with Crippen molar-refractivity contribution in [3.05, 3.63) is 53.3 Å². The summed E-state index contributed by atoms with van der Waals surface area (Å²) < 4.78 is 2.12. The summed E-state index contributed by atoms with van der Waals surface area (Å²) >= 11 is 0. The minimum Gasteiger partial charge on any atom is -0.392 e. The van der Waals surface area contributed by atoms with Gasteiger partial charge in [-0.05, 0) is 38.5 Å². The molecule has 2 aromatic rings. The molecule has 2 heterocycles. The monoisotopic (exact) mass is 298 g/mol. The summed E-state index contributed by atoms with van der Waals surface area (Å²) in [6, 6.07) is 12.1. The van der Waals surface area contributed by atoms with Crippen LogP contribution in [0.5, 0.6) is 0 Å². The molecule has 1 aliphatic rings. The van der Waals surface area contributed by atoms with Crippen molar-refractivity contribution in [3.8, 4) is 5.69 Å². The van der Waals surface area contributed by atoms with Gasteiger partial charge in [-0.2, -0.15) is 0 Å². The van der Waals surface area contributed by atoms with Gasteiger partial charge in [0.2, 0.25) is 0 Å². The number of Topliss-reactive ketones (excluding diaryl/α,β-unsaturated/α-hetero) is 1. The molecule has 1 aromatic heterocycles. The van der Waals surface area contributed by atoms with E-state index in [9.17, 15) is 9.90 Å². The van der Waals surface area contributed by atoms with E-state index in [4.69, 9.17) is 0 Å². The van der Waals surface area contributed by atoms with Crippen molar-refractivity contribution in [1.29, 1.82) is 0 Å². The molecule has 22 heavy (non-hydrogen) atoms. The highest BCUT2D eigenvalue weighted by Gasteiger charge is 2.24. The van der Waals surface area contributed by atoms with Crippen LogP contribution in [0, 0.1) is 13.8 Å². The number of para-hydroxylation sites is 1. The number of aromatic nitrogens is 1. The van der Waals surface area contributed by atoms with Gasteiger partial charge in [-0.15, -0.1) is 0 Å². The number of benzene rings is 1. The van der Waals surface area contributed by atoms with E-state index >= 15 is 0 Å². The minimum absolute atomic E-state index is 0.129. The molecule has 1 aromatic carbocycles. The lowest BCUT2D eigenvalue weighted by molar-refractivity contribution is 0.0934. The number of hydrogen-bond donors (Lipinski definition) is 1. The molecule has 1 atom stereocenters. The van der Waals surface area contributed by atoms with Crippen molar-refractivity contribution in [3.63, 3.8) is 0 Å². The van der Waals surface area contributed by atoms with Crippen LogP contribution in [0.1, 0.15) is 28.2 Å². The SMILES string of the molecule is Cc1cc(C(=O)CN2CCC(O)C2)c(C)n1-c1ccccc1. The third-order valence-corrected chi connectivity index (χ3v) is 4.36. The van der Waals surface area contributed by atoms with Crippen molar-refractivity contribution < 1.29 is 9.90 Å². The first-order valence-electron chi connectivity index (χ1n) is 7.74. The van der Waals surface area contributed by atoms with Crippen molar-refractivity contribution in [1.82, 2.24) is 9.47 Å². The molecule has 1 fully saturated rings. The Balaban J connectivity index is 1.85. The average Bonchev–Trinajstić information content (AvgIpc) is 3.03. The van der Waals surface area contributed by atoms with Gasteiger partial charge in [-0.3, -0.25) is 9.69 Å². The van der Waals surface area contributed by atoms with Crippen molar-refractivity contribution in [2.24, 2.45) is 0 Å². The summed E-state index contributed by atoms with van der Waals surface area (Å²) in [4.78, 5) is 14.6. The fourth-order valence-electron chi connectivity index (χ4n) is 3.26. The van der Waals surface area contributed by atoms with Crippen LogP contribution in [-0.2, 0) is 0 Å². The van der Waals surface area contributed by atoms with E-state index in [0.717, 1.165) is 35.6 Å². The Hall–Kier alpha value is -1.91. The van der Waals surface area contributed by atoms with Crippen LogP contribution in [0.4, 0.5) is 0 Å². The number of β-amino-alcohol motifs (C(OH)–C–C–N with tert-alkyl or cyclic N) is 1. The number of carbonyl (C=O) groups is 1. The Morgan fingerprint density at radius 1 is 1.27 bits per heavy atom. The molecule has 1 N–H and O–H groups in total. The smallest absolute Gasteiger partial charge is 0.178 e. The number of rotatable bonds is 4. The molecular formula is C18H22N2O2. The molecule has 0 saturated carbocycles. The summed E-state index contributed by atoms with van der Waals surface area (Å²) in [5.41, 5.74) is 3.90. The fraction of sp³-hybridized carbons (Fsp3) is 0.389. The van der Waals surface area contributed by atoms with Gasteiger partial charge in [-0.25, -0.2) is 0 Å². The molecular weight excluding hydrogens is 276 g/mol. The maximum atomic E-state index is 12.6. The van der Waals surface area contributed by atoms with Crippen LogP contribution >= 0.6 is 0 Å². The number of aliphatic hydroxyl groups excluding tert-OH is 1. The number of likely N-dealkylation sites (tertiary alicyclic amines) is 1. The molecule has 3 rings (SSSR count). The fourth-order valence-corrected chi connectivity index (χ4v) is 3.26. The van der Waals surface area contributed by atoms with E-state index in [0.29, 0.717) is 13.1 Å². The number of carbonyl (C=O) groups excluding carboxylic acids is 1. The second-order valence-electron chi connectivity index (χ2n) is 6.06. The maximum Gasteiger partial charge on any atom is 0.178 e.